The van der Waals surface area contributed by atoms with Crippen LogP contribution in [0.15, 0.2) is 18.2 Å². The molecule has 5 heteroatoms. The molecule has 0 unspecified atom stereocenters. The number of hydrogen-bond acceptors (Lipinski definition) is 3. The average Bonchev–Trinajstić information content (AvgIpc) is 2.38. The number of aryl methyl sites for hydroxylation is 1. The smallest absolute Gasteiger partial charge is 0.217 e. The van der Waals surface area contributed by atoms with Gasteiger partial charge in [-0.15, -0.1) is 12.4 Å². The Morgan fingerprint density at radius 2 is 2.11 bits per heavy atom. The zero-order valence-corrected chi connectivity index (χ0v) is 11.2. The van der Waals surface area contributed by atoms with Crippen LogP contribution in [0.4, 0.5) is 0 Å². The lowest BCUT2D eigenvalue weighted by atomic mass is 9.94. The fourth-order valence-electron chi connectivity index (χ4n) is 2.23. The van der Waals surface area contributed by atoms with Crippen LogP contribution in [-0.2, 0) is 11.2 Å². The first-order chi connectivity index (χ1) is 8.25. The topological polar surface area (TPSA) is 68.0 Å². The van der Waals surface area contributed by atoms with Gasteiger partial charge in [-0.25, -0.2) is 0 Å². The lowest BCUT2D eigenvalue weighted by Gasteiger charge is -2.22. The van der Waals surface area contributed by atoms with Gasteiger partial charge in [-0.2, -0.15) is 0 Å². The maximum absolute atomic E-state index is 10.7. The number of primary amides is 1. The van der Waals surface area contributed by atoms with E-state index >= 15 is 0 Å². The number of carbonyl (C=O) groups is 1. The zero-order chi connectivity index (χ0) is 12.1. The van der Waals surface area contributed by atoms with Crippen LogP contribution in [-0.4, -0.2) is 24.0 Å². The number of nitrogens with one attached hydrogen (secondary N) is 1. The van der Waals surface area contributed by atoms with Gasteiger partial charge in [0.05, 0.1) is 0 Å². The van der Waals surface area contributed by atoms with E-state index in [9.17, 15) is 4.79 Å². The number of amides is 1. The molecular formula is C13H20ClN3O. The molecule has 1 aliphatic rings. The van der Waals surface area contributed by atoms with Gasteiger partial charge >= 0.3 is 0 Å². The van der Waals surface area contributed by atoms with Gasteiger partial charge in [0.25, 0.3) is 0 Å². The molecule has 3 N–H and O–H groups in total. The monoisotopic (exact) mass is 269 g/mol. The SMILES string of the molecule is Cl.NC(=O)CCc1cccc(C2CCNCC2)n1. The fraction of sp³-hybridized carbons (Fsp3) is 0.538. The highest BCUT2D eigenvalue weighted by atomic mass is 35.5. The van der Waals surface area contributed by atoms with E-state index in [1.54, 1.807) is 0 Å². The van der Waals surface area contributed by atoms with Gasteiger partial charge in [0.1, 0.15) is 0 Å². The van der Waals surface area contributed by atoms with Crippen LogP contribution < -0.4 is 11.1 Å². The first kappa shape index (κ1) is 14.9. The van der Waals surface area contributed by atoms with Crippen molar-refractivity contribution in [3.05, 3.63) is 29.6 Å². The van der Waals surface area contributed by atoms with E-state index < -0.39 is 0 Å². The Balaban J connectivity index is 0.00000162. The molecule has 2 rings (SSSR count). The molecule has 1 saturated heterocycles. The minimum absolute atomic E-state index is 0. The highest BCUT2D eigenvalue weighted by molar-refractivity contribution is 5.85. The van der Waals surface area contributed by atoms with Crippen LogP contribution in [0, 0.1) is 0 Å². The predicted molar refractivity (Wildman–Crippen MR) is 73.8 cm³/mol. The average molecular weight is 270 g/mol. The van der Waals surface area contributed by atoms with Crippen molar-refractivity contribution in [3.8, 4) is 0 Å². The maximum Gasteiger partial charge on any atom is 0.217 e. The second-order valence-electron chi connectivity index (χ2n) is 4.54. The Morgan fingerprint density at radius 1 is 1.39 bits per heavy atom. The van der Waals surface area contributed by atoms with Crippen LogP contribution in [0.1, 0.15) is 36.6 Å². The Kier molecular flexibility index (Phi) is 6.09. The van der Waals surface area contributed by atoms with Crippen molar-refractivity contribution in [2.75, 3.05) is 13.1 Å². The summed E-state index contributed by atoms with van der Waals surface area (Å²) in [6, 6.07) is 6.08. The Morgan fingerprint density at radius 3 is 2.78 bits per heavy atom. The van der Waals surface area contributed by atoms with E-state index in [4.69, 9.17) is 5.73 Å². The van der Waals surface area contributed by atoms with E-state index in [0.29, 0.717) is 18.8 Å². The summed E-state index contributed by atoms with van der Waals surface area (Å²) in [5.41, 5.74) is 7.28. The summed E-state index contributed by atoms with van der Waals surface area (Å²) in [6.07, 6.45) is 3.31. The highest BCUT2D eigenvalue weighted by Gasteiger charge is 2.16. The second-order valence-corrected chi connectivity index (χ2v) is 4.54. The zero-order valence-electron chi connectivity index (χ0n) is 10.4. The van der Waals surface area contributed by atoms with Gasteiger partial charge in [0, 0.05) is 23.7 Å². The number of nitrogens with zero attached hydrogens (tertiary/aromatic N) is 1. The summed E-state index contributed by atoms with van der Waals surface area (Å²) in [5.74, 6) is 0.295. The molecule has 0 saturated carbocycles. The van der Waals surface area contributed by atoms with Crippen LogP contribution in [0.2, 0.25) is 0 Å². The molecule has 1 fully saturated rings. The number of piperidine rings is 1. The number of rotatable bonds is 4. The molecule has 1 aliphatic heterocycles. The fourth-order valence-corrected chi connectivity index (χ4v) is 2.23. The number of aromatic nitrogens is 1. The predicted octanol–water partition coefficient (Wildman–Crippen LogP) is 1.39. The van der Waals surface area contributed by atoms with E-state index in [0.717, 1.165) is 37.3 Å². The lowest BCUT2D eigenvalue weighted by Crippen LogP contribution is -2.27. The summed E-state index contributed by atoms with van der Waals surface area (Å²) >= 11 is 0. The standard InChI is InChI=1S/C13H19N3O.ClH/c14-13(17)5-4-11-2-1-3-12(16-11)10-6-8-15-9-7-10;/h1-3,10,15H,4-9H2,(H2,14,17);1H. The lowest BCUT2D eigenvalue weighted by molar-refractivity contribution is -0.118. The summed E-state index contributed by atoms with van der Waals surface area (Å²) in [5, 5.41) is 3.35. The summed E-state index contributed by atoms with van der Waals surface area (Å²) in [7, 11) is 0. The Hall–Kier alpha value is -1.13. The van der Waals surface area contributed by atoms with Gasteiger partial charge in [0.15, 0.2) is 0 Å². The van der Waals surface area contributed by atoms with Crippen molar-refractivity contribution in [3.63, 3.8) is 0 Å². The van der Waals surface area contributed by atoms with E-state index in [-0.39, 0.29) is 18.3 Å². The Labute approximate surface area is 114 Å². The number of hydrogen-bond donors (Lipinski definition) is 2. The van der Waals surface area contributed by atoms with Crippen molar-refractivity contribution in [2.24, 2.45) is 5.73 Å². The maximum atomic E-state index is 10.7. The molecule has 1 amide bonds. The minimum Gasteiger partial charge on any atom is -0.370 e. The number of carbonyl (C=O) groups excluding carboxylic acids is 1. The molecule has 0 aliphatic carbocycles. The molecule has 0 atom stereocenters. The quantitative estimate of drug-likeness (QED) is 0.868. The normalized spacial score (nSPS) is 16.0. The molecule has 18 heavy (non-hydrogen) atoms. The molecule has 0 bridgehead atoms. The van der Waals surface area contributed by atoms with Crippen LogP contribution in [0.3, 0.4) is 0 Å². The van der Waals surface area contributed by atoms with Crippen molar-refractivity contribution in [1.82, 2.24) is 10.3 Å². The molecule has 100 valence electrons. The van der Waals surface area contributed by atoms with Crippen molar-refractivity contribution in [1.29, 1.82) is 0 Å². The van der Waals surface area contributed by atoms with Crippen molar-refractivity contribution in [2.45, 2.75) is 31.6 Å². The molecule has 0 radical (unpaired) electrons. The van der Waals surface area contributed by atoms with Crippen molar-refractivity contribution >= 4 is 18.3 Å². The molecular weight excluding hydrogens is 250 g/mol. The van der Waals surface area contributed by atoms with E-state index in [1.165, 1.54) is 0 Å². The van der Waals surface area contributed by atoms with E-state index in [1.807, 2.05) is 12.1 Å². The molecule has 0 aromatic carbocycles. The van der Waals surface area contributed by atoms with Gasteiger partial charge in [-0.05, 0) is 44.5 Å². The molecule has 2 heterocycles. The molecule has 1 aromatic rings. The summed E-state index contributed by atoms with van der Waals surface area (Å²) < 4.78 is 0. The van der Waals surface area contributed by atoms with E-state index in [2.05, 4.69) is 16.4 Å². The van der Waals surface area contributed by atoms with Gasteiger partial charge < -0.3 is 11.1 Å². The van der Waals surface area contributed by atoms with Gasteiger partial charge in [0.2, 0.25) is 5.91 Å². The third-order valence-electron chi connectivity index (χ3n) is 3.21. The first-order valence-corrected chi connectivity index (χ1v) is 6.20. The molecule has 1 aromatic heterocycles. The third-order valence-corrected chi connectivity index (χ3v) is 3.21. The van der Waals surface area contributed by atoms with Crippen LogP contribution >= 0.6 is 12.4 Å². The second kappa shape index (κ2) is 7.34. The third kappa shape index (κ3) is 4.27. The first-order valence-electron chi connectivity index (χ1n) is 6.20. The van der Waals surface area contributed by atoms with Crippen LogP contribution in [0.5, 0.6) is 0 Å². The largest absolute Gasteiger partial charge is 0.370 e. The molecule has 4 nitrogen and oxygen atoms in total. The minimum atomic E-state index is -0.265. The summed E-state index contributed by atoms with van der Waals surface area (Å²) in [4.78, 5) is 15.4. The Bertz CT molecular complexity index is 392. The number of pyridine rings is 1. The van der Waals surface area contributed by atoms with Gasteiger partial charge in [-0.3, -0.25) is 9.78 Å². The van der Waals surface area contributed by atoms with Crippen LogP contribution in [0.25, 0.3) is 0 Å². The van der Waals surface area contributed by atoms with Crippen molar-refractivity contribution < 1.29 is 4.79 Å². The molecule has 0 spiro atoms. The number of halogens is 1. The highest BCUT2D eigenvalue weighted by Crippen LogP contribution is 2.23. The number of nitrogens with two attached hydrogens (primary N) is 1. The van der Waals surface area contributed by atoms with Gasteiger partial charge in [-0.1, -0.05) is 6.07 Å². The summed E-state index contributed by atoms with van der Waals surface area (Å²) in [6.45, 7) is 2.13.